The molecule has 30 heavy (non-hydrogen) atoms. The van der Waals surface area contributed by atoms with E-state index >= 15 is 0 Å². The predicted molar refractivity (Wildman–Crippen MR) is 121 cm³/mol. The van der Waals surface area contributed by atoms with Crippen LogP contribution < -0.4 is 4.74 Å². The number of halogens is 2. The molecule has 1 atom stereocenters. The molecule has 0 aromatic heterocycles. The maximum absolute atomic E-state index is 11.3. The first-order valence-electron chi connectivity index (χ1n) is 10.3. The first-order valence-corrected chi connectivity index (χ1v) is 11.1. The molecule has 1 N–H and O–H groups in total. The van der Waals surface area contributed by atoms with Crippen LogP contribution in [0, 0.1) is 5.92 Å². The zero-order valence-electron chi connectivity index (χ0n) is 16.9. The highest BCUT2D eigenvalue weighted by molar-refractivity contribution is 6.34. The average molecular weight is 446 g/mol. The van der Waals surface area contributed by atoms with E-state index in [1.54, 1.807) is 24.3 Å². The lowest BCUT2D eigenvalue weighted by Gasteiger charge is -2.36. The van der Waals surface area contributed by atoms with E-state index in [2.05, 4.69) is 17.9 Å². The minimum absolute atomic E-state index is 0.264. The van der Waals surface area contributed by atoms with E-state index in [0.29, 0.717) is 28.1 Å². The van der Waals surface area contributed by atoms with Gasteiger partial charge in [-0.2, -0.15) is 0 Å². The molecule has 0 saturated carbocycles. The van der Waals surface area contributed by atoms with Crippen LogP contribution in [0.3, 0.4) is 0 Å². The molecule has 158 valence electrons. The Kier molecular flexibility index (Phi) is 6.37. The first-order chi connectivity index (χ1) is 14.4. The van der Waals surface area contributed by atoms with Crippen LogP contribution in [0.5, 0.6) is 5.75 Å². The smallest absolute Gasteiger partial charge is 0.335 e. The second-order valence-electron chi connectivity index (χ2n) is 8.12. The summed E-state index contributed by atoms with van der Waals surface area (Å²) in [6, 6.07) is 11.1. The highest BCUT2D eigenvalue weighted by Crippen LogP contribution is 2.38. The second-order valence-corrected chi connectivity index (χ2v) is 8.99. The largest absolute Gasteiger partial charge is 0.493 e. The molecule has 1 aliphatic carbocycles. The molecule has 0 radical (unpaired) electrons. The Bertz CT molecular complexity index is 960. The third-order valence-corrected chi connectivity index (χ3v) is 6.46. The molecule has 1 saturated heterocycles. The Morgan fingerprint density at radius 1 is 1.17 bits per heavy atom. The van der Waals surface area contributed by atoms with Gasteiger partial charge in [-0.1, -0.05) is 29.3 Å². The summed E-state index contributed by atoms with van der Waals surface area (Å²) < 4.78 is 6.14. The predicted octanol–water partition coefficient (Wildman–Crippen LogP) is 6.33. The number of ether oxygens (including phenoxy) is 1. The van der Waals surface area contributed by atoms with Crippen LogP contribution in [-0.4, -0.2) is 35.7 Å². The van der Waals surface area contributed by atoms with Gasteiger partial charge in [0.25, 0.3) is 0 Å². The fourth-order valence-corrected chi connectivity index (χ4v) is 4.60. The van der Waals surface area contributed by atoms with Crippen LogP contribution in [0.2, 0.25) is 10.0 Å². The van der Waals surface area contributed by atoms with Crippen LogP contribution in [0.1, 0.15) is 53.7 Å². The number of piperidine rings is 1. The van der Waals surface area contributed by atoms with Crippen molar-refractivity contribution >= 4 is 34.7 Å². The van der Waals surface area contributed by atoms with E-state index in [9.17, 15) is 9.90 Å². The normalized spacial score (nSPS) is 18.0. The Morgan fingerprint density at radius 3 is 2.43 bits per heavy atom. The minimum Gasteiger partial charge on any atom is -0.493 e. The molecule has 0 amide bonds. The summed E-state index contributed by atoms with van der Waals surface area (Å²) in [4.78, 5) is 13.7. The number of aromatic carboxylic acids is 1. The number of rotatable bonds is 7. The molecule has 6 heteroatoms. The van der Waals surface area contributed by atoms with Crippen molar-refractivity contribution in [3.8, 4) is 5.75 Å². The maximum atomic E-state index is 11.3. The Labute approximate surface area is 187 Å². The SMILES string of the molecule is C[C@@H](c1cc(Cl)cc(Cl)c1)N1CCC(COc2ccc(C(=O)O)cc2C2=CC2)CC1. The topological polar surface area (TPSA) is 49.8 Å². The molecule has 2 aromatic rings. The number of likely N-dealkylation sites (tertiary alicyclic amines) is 1. The monoisotopic (exact) mass is 445 g/mol. The van der Waals surface area contributed by atoms with Gasteiger partial charge in [-0.25, -0.2) is 4.79 Å². The number of hydrogen-bond acceptors (Lipinski definition) is 3. The third-order valence-electron chi connectivity index (χ3n) is 6.02. The highest BCUT2D eigenvalue weighted by Gasteiger charge is 2.25. The molecule has 0 unspecified atom stereocenters. The number of carboxylic acid groups (broad SMARTS) is 1. The van der Waals surface area contributed by atoms with Crippen molar-refractivity contribution in [2.75, 3.05) is 19.7 Å². The minimum atomic E-state index is -0.911. The highest BCUT2D eigenvalue weighted by atomic mass is 35.5. The van der Waals surface area contributed by atoms with Crippen LogP contribution >= 0.6 is 23.2 Å². The lowest BCUT2D eigenvalue weighted by atomic mass is 9.95. The van der Waals surface area contributed by atoms with Gasteiger partial charge in [0.05, 0.1) is 12.2 Å². The lowest BCUT2D eigenvalue weighted by Crippen LogP contribution is -2.37. The summed E-state index contributed by atoms with van der Waals surface area (Å²) in [5, 5.41) is 10.6. The summed E-state index contributed by atoms with van der Waals surface area (Å²) in [5.41, 5.74) is 3.52. The summed E-state index contributed by atoms with van der Waals surface area (Å²) in [5.74, 6) is 0.358. The van der Waals surface area contributed by atoms with Crippen molar-refractivity contribution in [2.45, 2.75) is 32.2 Å². The van der Waals surface area contributed by atoms with Gasteiger partial charge in [0.2, 0.25) is 0 Å². The number of benzene rings is 2. The molecule has 4 nitrogen and oxygen atoms in total. The summed E-state index contributed by atoms with van der Waals surface area (Å²) in [7, 11) is 0. The Hall–Kier alpha value is -2.01. The molecule has 4 rings (SSSR count). The van der Waals surface area contributed by atoms with Gasteiger partial charge in [0, 0.05) is 21.7 Å². The standard InChI is InChI=1S/C24H25Cl2NO3/c1-15(19-10-20(25)13-21(26)11-19)27-8-6-16(7-9-27)14-30-23-5-4-18(24(28)29)12-22(23)17-2-3-17/h2,4-5,10-13,15-16H,3,6-9,14H2,1H3,(H,28,29)/t15-/m0/s1. The molecule has 1 heterocycles. The fourth-order valence-electron chi connectivity index (χ4n) is 4.05. The Balaban J connectivity index is 1.33. The number of carbonyl (C=O) groups is 1. The molecule has 2 aliphatic rings. The van der Waals surface area contributed by atoms with Gasteiger partial charge in [0.1, 0.15) is 5.75 Å². The van der Waals surface area contributed by atoms with E-state index < -0.39 is 5.97 Å². The quantitative estimate of drug-likeness (QED) is 0.540. The van der Waals surface area contributed by atoms with Crippen molar-refractivity contribution in [3.05, 3.63) is 69.2 Å². The number of allylic oxidation sites excluding steroid dienone is 2. The van der Waals surface area contributed by atoms with Gasteiger partial charge in [0.15, 0.2) is 0 Å². The van der Waals surface area contributed by atoms with Crippen molar-refractivity contribution in [2.24, 2.45) is 5.92 Å². The van der Waals surface area contributed by atoms with E-state index in [-0.39, 0.29) is 6.04 Å². The third kappa shape index (κ3) is 5.00. The zero-order valence-corrected chi connectivity index (χ0v) is 18.4. The Morgan fingerprint density at radius 2 is 1.83 bits per heavy atom. The van der Waals surface area contributed by atoms with Crippen molar-refractivity contribution in [1.82, 2.24) is 4.90 Å². The van der Waals surface area contributed by atoms with Gasteiger partial charge in [-0.3, -0.25) is 4.90 Å². The van der Waals surface area contributed by atoms with Crippen molar-refractivity contribution < 1.29 is 14.6 Å². The van der Waals surface area contributed by atoms with Gasteiger partial charge >= 0.3 is 5.97 Å². The summed E-state index contributed by atoms with van der Waals surface area (Å²) >= 11 is 12.3. The van der Waals surface area contributed by atoms with E-state index in [4.69, 9.17) is 27.9 Å². The van der Waals surface area contributed by atoms with E-state index in [1.807, 2.05) is 12.1 Å². The van der Waals surface area contributed by atoms with Gasteiger partial charge in [-0.15, -0.1) is 0 Å². The van der Waals surface area contributed by atoms with Crippen LogP contribution in [0.15, 0.2) is 42.5 Å². The van der Waals surface area contributed by atoms with E-state index in [0.717, 1.165) is 54.8 Å². The van der Waals surface area contributed by atoms with Gasteiger partial charge < -0.3 is 9.84 Å². The van der Waals surface area contributed by atoms with Crippen LogP contribution in [0.4, 0.5) is 0 Å². The summed E-state index contributed by atoms with van der Waals surface area (Å²) in [6.07, 6.45) is 5.12. The van der Waals surface area contributed by atoms with Crippen molar-refractivity contribution in [1.29, 1.82) is 0 Å². The molecule has 1 fully saturated rings. The van der Waals surface area contributed by atoms with Crippen LogP contribution in [0.25, 0.3) is 5.57 Å². The number of carboxylic acids is 1. The van der Waals surface area contributed by atoms with E-state index in [1.165, 1.54) is 0 Å². The molecule has 2 aromatic carbocycles. The molecular formula is C24H25Cl2NO3. The summed E-state index contributed by atoms with van der Waals surface area (Å²) in [6.45, 7) is 4.83. The molecule has 0 bridgehead atoms. The van der Waals surface area contributed by atoms with Crippen LogP contribution in [-0.2, 0) is 0 Å². The van der Waals surface area contributed by atoms with Gasteiger partial charge in [-0.05, 0) is 92.7 Å². The fraction of sp³-hybridized carbons (Fsp3) is 0.375. The van der Waals surface area contributed by atoms with Crippen molar-refractivity contribution in [3.63, 3.8) is 0 Å². The lowest BCUT2D eigenvalue weighted by molar-refractivity contribution is 0.0696. The maximum Gasteiger partial charge on any atom is 0.335 e. The zero-order chi connectivity index (χ0) is 21.3. The molecule has 0 spiro atoms. The first kappa shape index (κ1) is 21.2. The number of nitrogens with zero attached hydrogens (tertiary/aromatic N) is 1. The second kappa shape index (κ2) is 9.01. The molecule has 1 aliphatic heterocycles. The average Bonchev–Trinajstić information content (AvgIpc) is 3.56. The molecular weight excluding hydrogens is 421 g/mol. The number of hydrogen-bond donors (Lipinski definition) is 1.